The molecule has 220 valence electrons. The van der Waals surface area contributed by atoms with Crippen molar-refractivity contribution in [2.75, 3.05) is 42.5 Å². The van der Waals surface area contributed by atoms with E-state index in [1.54, 1.807) is 12.1 Å². The summed E-state index contributed by atoms with van der Waals surface area (Å²) < 4.78 is 21.1. The van der Waals surface area contributed by atoms with Crippen molar-refractivity contribution in [2.24, 2.45) is 0 Å². The molecule has 1 amide bonds. The van der Waals surface area contributed by atoms with Crippen molar-refractivity contribution in [2.45, 2.75) is 51.3 Å². The van der Waals surface area contributed by atoms with E-state index in [4.69, 9.17) is 14.8 Å². The van der Waals surface area contributed by atoms with Gasteiger partial charge in [0, 0.05) is 38.8 Å². The van der Waals surface area contributed by atoms with Gasteiger partial charge >= 0.3 is 6.09 Å². The highest BCUT2D eigenvalue weighted by atomic mass is 19.1. The molecule has 2 saturated heterocycles. The largest absolute Gasteiger partial charge is 0.444 e. The fraction of sp³-hybridized carbons (Fsp3) is 0.419. The summed E-state index contributed by atoms with van der Waals surface area (Å²) in [6.45, 7) is 9.23. The maximum atomic E-state index is 14.0. The van der Waals surface area contributed by atoms with Gasteiger partial charge in [-0.3, -0.25) is 0 Å². The zero-order valence-corrected chi connectivity index (χ0v) is 24.3. The van der Waals surface area contributed by atoms with Crippen LogP contribution in [0.25, 0.3) is 17.0 Å². The van der Waals surface area contributed by atoms with Gasteiger partial charge in [0.1, 0.15) is 28.7 Å². The summed E-state index contributed by atoms with van der Waals surface area (Å²) in [4.78, 5) is 25.8. The molecule has 4 aromatic rings. The Kier molecular flexibility index (Phi) is 7.68. The summed E-state index contributed by atoms with van der Waals surface area (Å²) in [5, 5.41) is 11.2. The normalized spacial score (nSPS) is 17.5. The summed E-state index contributed by atoms with van der Waals surface area (Å²) in [6, 6.07) is 17.2. The van der Waals surface area contributed by atoms with Crippen LogP contribution in [0.15, 0.2) is 60.8 Å². The lowest BCUT2D eigenvalue weighted by molar-refractivity contribution is 0.0527. The summed E-state index contributed by atoms with van der Waals surface area (Å²) in [5.41, 5.74) is 2.83. The molecule has 2 fully saturated rings. The number of aromatic nitrogens is 4. The van der Waals surface area contributed by atoms with E-state index in [0.29, 0.717) is 19.1 Å². The van der Waals surface area contributed by atoms with E-state index in [-0.39, 0.29) is 11.9 Å². The lowest BCUT2D eigenvalue weighted by Crippen LogP contribution is -2.59. The molecule has 42 heavy (non-hydrogen) atoms. The summed E-state index contributed by atoms with van der Waals surface area (Å²) >= 11 is 0. The van der Waals surface area contributed by atoms with Crippen LogP contribution in [0.4, 0.5) is 20.8 Å². The predicted octanol–water partition coefficient (Wildman–Crippen LogP) is 4.57. The monoisotopic (exact) mass is 572 g/mol. The highest BCUT2D eigenvalue weighted by Crippen LogP contribution is 2.36. The number of anilines is 2. The molecule has 0 aliphatic carbocycles. The second-order valence-corrected chi connectivity index (χ2v) is 11.9. The van der Waals surface area contributed by atoms with Gasteiger partial charge in [-0.05, 0) is 75.6 Å². The van der Waals surface area contributed by atoms with Crippen molar-refractivity contribution in [1.82, 2.24) is 30.2 Å². The molecule has 0 radical (unpaired) electrons. The standard InChI is InChI=1S/C31H37FN8O2/c1-31(2,3)42-30(41)34-15-14-33-23-19-38(20-23)28-11-5-9-24(36-28)26-18-35-27-12-13-29(37-40(26)27)39-16-6-10-25(39)21-7-4-8-22(32)17-21/h4-5,7-9,11-13,17-18,23,25,33H,6,10,14-16,19-20H2,1-3H3,(H,34,41)/t25-/m1/s1. The van der Waals surface area contributed by atoms with Gasteiger partial charge in [0.2, 0.25) is 0 Å². The van der Waals surface area contributed by atoms with Crippen molar-refractivity contribution >= 4 is 23.4 Å². The summed E-state index contributed by atoms with van der Waals surface area (Å²) in [5.74, 6) is 1.52. The van der Waals surface area contributed by atoms with Crippen molar-refractivity contribution in [1.29, 1.82) is 0 Å². The van der Waals surface area contributed by atoms with Gasteiger partial charge in [0.15, 0.2) is 5.65 Å². The molecule has 0 spiro atoms. The summed E-state index contributed by atoms with van der Waals surface area (Å²) in [6.07, 6.45) is 3.38. The molecule has 10 nitrogen and oxygen atoms in total. The molecule has 0 unspecified atom stereocenters. The molecule has 2 N–H and O–H groups in total. The molecular weight excluding hydrogens is 535 g/mol. The van der Waals surface area contributed by atoms with Crippen LogP contribution in [0.2, 0.25) is 0 Å². The Labute approximate surface area is 244 Å². The average Bonchev–Trinajstić information content (AvgIpc) is 3.58. The Balaban J connectivity index is 1.10. The Morgan fingerprint density at radius 1 is 1.07 bits per heavy atom. The number of carbonyl (C=O) groups is 1. The van der Waals surface area contributed by atoms with E-state index in [9.17, 15) is 9.18 Å². The second kappa shape index (κ2) is 11.6. The van der Waals surface area contributed by atoms with Crippen LogP contribution in [0.3, 0.4) is 0 Å². The first-order valence-corrected chi connectivity index (χ1v) is 14.5. The average molecular weight is 573 g/mol. The van der Waals surface area contributed by atoms with E-state index in [1.807, 2.05) is 67.9 Å². The van der Waals surface area contributed by atoms with Crippen molar-refractivity contribution < 1.29 is 13.9 Å². The van der Waals surface area contributed by atoms with E-state index in [1.165, 1.54) is 6.07 Å². The van der Waals surface area contributed by atoms with E-state index >= 15 is 0 Å². The van der Waals surface area contributed by atoms with Crippen molar-refractivity contribution in [3.8, 4) is 11.4 Å². The molecule has 1 aromatic carbocycles. The maximum Gasteiger partial charge on any atom is 0.407 e. The fourth-order valence-corrected chi connectivity index (χ4v) is 5.58. The Hall–Kier alpha value is -4.25. The lowest BCUT2D eigenvalue weighted by Gasteiger charge is -2.40. The van der Waals surface area contributed by atoms with Crippen molar-refractivity contribution in [3.63, 3.8) is 0 Å². The number of ether oxygens (including phenoxy) is 1. The number of hydrogen-bond acceptors (Lipinski definition) is 8. The lowest BCUT2D eigenvalue weighted by atomic mass is 10.0. The van der Waals surface area contributed by atoms with Gasteiger partial charge in [-0.2, -0.15) is 0 Å². The summed E-state index contributed by atoms with van der Waals surface area (Å²) in [7, 11) is 0. The molecule has 0 saturated carbocycles. The van der Waals surface area contributed by atoms with Gasteiger partial charge < -0.3 is 25.2 Å². The highest BCUT2D eigenvalue weighted by Gasteiger charge is 2.29. The molecule has 3 aromatic heterocycles. The van der Waals surface area contributed by atoms with Gasteiger partial charge in [0.05, 0.1) is 17.9 Å². The number of rotatable bonds is 8. The van der Waals surface area contributed by atoms with E-state index < -0.39 is 11.7 Å². The van der Waals surface area contributed by atoms with Crippen molar-refractivity contribution in [3.05, 3.63) is 72.2 Å². The Bertz CT molecular complexity index is 1560. The number of fused-ring (bicyclic) bond motifs is 1. The molecule has 1 atom stereocenters. The minimum atomic E-state index is -0.504. The van der Waals surface area contributed by atoms with Gasteiger partial charge in [-0.25, -0.2) is 23.7 Å². The Morgan fingerprint density at radius 2 is 1.90 bits per heavy atom. The molecule has 5 heterocycles. The maximum absolute atomic E-state index is 14.0. The van der Waals surface area contributed by atoms with Crippen LogP contribution >= 0.6 is 0 Å². The zero-order valence-electron chi connectivity index (χ0n) is 24.3. The number of carbonyl (C=O) groups excluding carboxylic acids is 1. The third kappa shape index (κ3) is 6.15. The predicted molar refractivity (Wildman–Crippen MR) is 160 cm³/mol. The van der Waals surface area contributed by atoms with Crippen LogP contribution in [-0.4, -0.2) is 70.0 Å². The molecule has 2 aliphatic heterocycles. The van der Waals surface area contributed by atoms with E-state index in [2.05, 4.69) is 25.4 Å². The Morgan fingerprint density at radius 3 is 2.71 bits per heavy atom. The van der Waals surface area contributed by atoms with Gasteiger partial charge in [-0.1, -0.05) is 18.2 Å². The second-order valence-electron chi connectivity index (χ2n) is 11.9. The first-order chi connectivity index (χ1) is 20.2. The molecule has 0 bridgehead atoms. The van der Waals surface area contributed by atoms with Crippen LogP contribution in [0, 0.1) is 5.82 Å². The molecular formula is C31H37FN8O2. The number of benzene rings is 1. The first-order valence-electron chi connectivity index (χ1n) is 14.5. The number of halogens is 1. The number of pyridine rings is 1. The van der Waals surface area contributed by atoms with Gasteiger partial charge in [0.25, 0.3) is 0 Å². The van der Waals surface area contributed by atoms with Crippen LogP contribution in [0.5, 0.6) is 0 Å². The van der Waals surface area contributed by atoms with Crippen LogP contribution < -0.4 is 20.4 Å². The van der Waals surface area contributed by atoms with E-state index in [0.717, 1.165) is 66.7 Å². The molecule has 2 aliphatic rings. The third-order valence-electron chi connectivity index (χ3n) is 7.56. The number of alkyl carbamates (subject to hydrolysis) is 1. The molecule has 6 rings (SSSR count). The highest BCUT2D eigenvalue weighted by molar-refractivity contribution is 5.67. The number of imidazole rings is 1. The SMILES string of the molecule is CC(C)(C)OC(=O)NCCNC1CN(c2cccc(-c3cnc4ccc(N5CCC[C@@H]5c5cccc(F)c5)nn34)n2)C1. The number of nitrogens with one attached hydrogen (secondary N) is 2. The number of nitrogens with zero attached hydrogens (tertiary/aromatic N) is 6. The quantitative estimate of drug-likeness (QED) is 0.296. The van der Waals surface area contributed by atoms with Crippen LogP contribution in [0.1, 0.15) is 45.2 Å². The smallest absolute Gasteiger partial charge is 0.407 e. The topological polar surface area (TPSA) is 99.9 Å². The fourth-order valence-electron chi connectivity index (χ4n) is 5.58. The van der Waals surface area contributed by atoms with Crippen LogP contribution in [-0.2, 0) is 4.74 Å². The first kappa shape index (κ1) is 27.9. The minimum absolute atomic E-state index is 0.0835. The molecule has 11 heteroatoms. The third-order valence-corrected chi connectivity index (χ3v) is 7.56. The van der Waals surface area contributed by atoms with Gasteiger partial charge in [-0.15, -0.1) is 5.10 Å². The zero-order chi connectivity index (χ0) is 29.3. The minimum Gasteiger partial charge on any atom is -0.444 e. The number of amides is 1. The number of hydrogen-bond donors (Lipinski definition) is 2.